The first-order chi connectivity index (χ1) is 14.1. The lowest BCUT2D eigenvalue weighted by molar-refractivity contribution is 0.622. The van der Waals surface area contributed by atoms with Crippen LogP contribution in [0.4, 0.5) is 8.78 Å². The Morgan fingerprint density at radius 2 is 1.59 bits per heavy atom. The van der Waals surface area contributed by atoms with Crippen molar-refractivity contribution in [1.82, 2.24) is 0 Å². The zero-order chi connectivity index (χ0) is 20.4. The Morgan fingerprint density at radius 1 is 0.793 bits per heavy atom. The summed E-state index contributed by atoms with van der Waals surface area (Å²) >= 11 is 0. The Morgan fingerprint density at radius 3 is 2.31 bits per heavy atom. The Hall–Kier alpha value is -3.25. The topological polar surface area (TPSA) is 23.8 Å². The Bertz CT molecular complexity index is 1250. The lowest BCUT2D eigenvalue weighted by atomic mass is 9.95. The van der Waals surface area contributed by atoms with E-state index >= 15 is 0 Å². The predicted octanol–water partition coefficient (Wildman–Crippen LogP) is 7.54. The number of benzene rings is 4. The second-order valence-electron chi connectivity index (χ2n) is 7.44. The third-order valence-corrected chi connectivity index (χ3v) is 5.46. The Balaban J connectivity index is 1.78. The van der Waals surface area contributed by atoms with Gasteiger partial charge >= 0.3 is 0 Å². The Labute approximate surface area is 169 Å². The lowest BCUT2D eigenvalue weighted by Crippen LogP contribution is -1.91. The van der Waals surface area contributed by atoms with Crippen molar-refractivity contribution in [2.45, 2.75) is 32.6 Å². The van der Waals surface area contributed by atoms with E-state index in [1.54, 1.807) is 18.2 Å². The molecule has 4 aromatic rings. The highest BCUT2D eigenvalue weighted by molar-refractivity contribution is 6.08. The van der Waals surface area contributed by atoms with E-state index in [1.165, 1.54) is 43.0 Å². The van der Waals surface area contributed by atoms with Crippen molar-refractivity contribution in [3.05, 3.63) is 83.4 Å². The van der Waals surface area contributed by atoms with Crippen LogP contribution < -0.4 is 0 Å². The first kappa shape index (κ1) is 19.1. The molecule has 0 saturated carbocycles. The van der Waals surface area contributed by atoms with E-state index in [0.717, 1.165) is 28.0 Å². The molecule has 0 unspecified atom stereocenters. The number of nitriles is 1. The molecule has 0 radical (unpaired) electrons. The average molecular weight is 385 g/mol. The van der Waals surface area contributed by atoms with Crippen LogP contribution in [0, 0.1) is 23.0 Å². The van der Waals surface area contributed by atoms with Crippen LogP contribution in [0.25, 0.3) is 32.7 Å². The number of unbranched alkanes of at least 4 members (excludes halogenated alkanes) is 2. The van der Waals surface area contributed by atoms with E-state index in [2.05, 4.69) is 31.2 Å². The minimum atomic E-state index is -0.640. The summed E-state index contributed by atoms with van der Waals surface area (Å²) in [5.74, 6) is -1.04. The quantitative estimate of drug-likeness (QED) is 0.257. The fourth-order valence-corrected chi connectivity index (χ4v) is 3.87. The summed E-state index contributed by atoms with van der Waals surface area (Å²) in [7, 11) is 0. The van der Waals surface area contributed by atoms with Crippen LogP contribution in [-0.2, 0) is 6.42 Å². The van der Waals surface area contributed by atoms with E-state index in [-0.39, 0.29) is 5.56 Å². The molecule has 0 aromatic heterocycles. The highest BCUT2D eigenvalue weighted by atomic mass is 19.1. The molecular weight excluding hydrogens is 364 g/mol. The van der Waals surface area contributed by atoms with Gasteiger partial charge in [0, 0.05) is 5.56 Å². The molecule has 0 saturated heterocycles. The smallest absolute Gasteiger partial charge is 0.141 e. The van der Waals surface area contributed by atoms with E-state index in [1.807, 2.05) is 6.07 Å². The van der Waals surface area contributed by atoms with Crippen molar-refractivity contribution < 1.29 is 8.78 Å². The highest BCUT2D eigenvalue weighted by Crippen LogP contribution is 2.33. The molecule has 0 atom stereocenters. The number of hydrogen-bond acceptors (Lipinski definition) is 1. The lowest BCUT2D eigenvalue weighted by Gasteiger charge is -2.10. The molecule has 0 spiro atoms. The van der Waals surface area contributed by atoms with Crippen molar-refractivity contribution in [3.63, 3.8) is 0 Å². The molecule has 0 amide bonds. The fraction of sp³-hybridized carbons (Fsp3) is 0.192. The van der Waals surface area contributed by atoms with Gasteiger partial charge in [0.15, 0.2) is 0 Å². The summed E-state index contributed by atoms with van der Waals surface area (Å²) in [6.07, 6.45) is 4.65. The summed E-state index contributed by atoms with van der Waals surface area (Å²) < 4.78 is 28.9. The molecule has 1 nitrogen and oxygen atoms in total. The summed E-state index contributed by atoms with van der Waals surface area (Å²) in [5.41, 5.74) is 2.01. The summed E-state index contributed by atoms with van der Waals surface area (Å²) in [5, 5.41) is 12.8. The van der Waals surface area contributed by atoms with Crippen LogP contribution in [0.5, 0.6) is 0 Å². The molecule has 0 aliphatic carbocycles. The predicted molar refractivity (Wildman–Crippen MR) is 115 cm³/mol. The minimum absolute atomic E-state index is 0.0457. The largest absolute Gasteiger partial charge is 0.206 e. The molecule has 4 rings (SSSR count). The fourth-order valence-electron chi connectivity index (χ4n) is 3.87. The number of nitrogens with zero attached hydrogens (tertiary/aromatic N) is 1. The van der Waals surface area contributed by atoms with Crippen molar-refractivity contribution in [2.24, 2.45) is 0 Å². The van der Waals surface area contributed by atoms with Crippen LogP contribution in [0.15, 0.2) is 60.7 Å². The second-order valence-corrected chi connectivity index (χ2v) is 7.44. The molecule has 0 heterocycles. The van der Waals surface area contributed by atoms with Crippen molar-refractivity contribution in [1.29, 1.82) is 5.26 Å². The molecule has 4 aromatic carbocycles. The van der Waals surface area contributed by atoms with Crippen molar-refractivity contribution in [2.75, 3.05) is 0 Å². The number of fused-ring (bicyclic) bond motifs is 3. The molecule has 29 heavy (non-hydrogen) atoms. The van der Waals surface area contributed by atoms with Crippen LogP contribution >= 0.6 is 0 Å². The van der Waals surface area contributed by atoms with E-state index < -0.39 is 11.6 Å². The number of halogens is 2. The van der Waals surface area contributed by atoms with Gasteiger partial charge in [-0.1, -0.05) is 56.2 Å². The first-order valence-electron chi connectivity index (χ1n) is 9.95. The van der Waals surface area contributed by atoms with Crippen LogP contribution in [0.3, 0.4) is 0 Å². The molecule has 0 aliphatic rings. The van der Waals surface area contributed by atoms with Gasteiger partial charge in [0.25, 0.3) is 0 Å². The van der Waals surface area contributed by atoms with E-state index in [9.17, 15) is 8.78 Å². The van der Waals surface area contributed by atoms with Gasteiger partial charge in [0.1, 0.15) is 17.7 Å². The molecule has 0 bridgehead atoms. The van der Waals surface area contributed by atoms with Gasteiger partial charge in [-0.2, -0.15) is 5.26 Å². The van der Waals surface area contributed by atoms with Crippen LogP contribution in [0.1, 0.15) is 37.3 Å². The zero-order valence-electron chi connectivity index (χ0n) is 16.3. The number of rotatable bonds is 5. The molecule has 144 valence electrons. The van der Waals surface area contributed by atoms with Gasteiger partial charge in [-0.15, -0.1) is 0 Å². The van der Waals surface area contributed by atoms with Crippen LogP contribution in [-0.4, -0.2) is 0 Å². The zero-order valence-corrected chi connectivity index (χ0v) is 16.3. The van der Waals surface area contributed by atoms with Gasteiger partial charge < -0.3 is 0 Å². The third kappa shape index (κ3) is 3.71. The monoisotopic (exact) mass is 385 g/mol. The van der Waals surface area contributed by atoms with E-state index in [4.69, 9.17) is 5.26 Å². The minimum Gasteiger partial charge on any atom is -0.206 e. The van der Waals surface area contributed by atoms with Crippen molar-refractivity contribution >= 4 is 21.5 Å². The van der Waals surface area contributed by atoms with E-state index in [0.29, 0.717) is 11.1 Å². The molecule has 0 aliphatic heterocycles. The summed E-state index contributed by atoms with van der Waals surface area (Å²) in [4.78, 5) is 0. The third-order valence-electron chi connectivity index (χ3n) is 5.46. The van der Waals surface area contributed by atoms with Crippen LogP contribution in [0.2, 0.25) is 0 Å². The SMILES string of the molecule is CCCCCc1ccc2c(ccc3cc(-c4ccc(C#N)c(F)c4)c(F)cc32)c1. The molecule has 0 N–H and O–H groups in total. The molecule has 0 fully saturated rings. The van der Waals surface area contributed by atoms with Crippen molar-refractivity contribution in [3.8, 4) is 17.2 Å². The van der Waals surface area contributed by atoms with Gasteiger partial charge in [-0.3, -0.25) is 0 Å². The van der Waals surface area contributed by atoms with Gasteiger partial charge in [-0.05, 0) is 69.8 Å². The van der Waals surface area contributed by atoms with Gasteiger partial charge in [-0.25, -0.2) is 8.78 Å². The normalized spacial score (nSPS) is 11.1. The molecular formula is C26H21F2N. The first-order valence-corrected chi connectivity index (χ1v) is 9.95. The second kappa shape index (κ2) is 8.01. The number of hydrogen-bond donors (Lipinski definition) is 0. The standard InChI is InChI=1S/C26H21F2N/c1-2-3-4-5-17-6-11-22-18(12-17)7-8-19-13-24(26(28)15-23(19)22)20-9-10-21(16-29)25(27)14-20/h6-15H,2-5H2,1H3. The maximum Gasteiger partial charge on any atom is 0.141 e. The number of aryl methyl sites for hydroxylation is 1. The average Bonchev–Trinajstić information content (AvgIpc) is 2.73. The maximum absolute atomic E-state index is 14.9. The Kier molecular flexibility index (Phi) is 5.27. The van der Waals surface area contributed by atoms with Gasteiger partial charge in [0.05, 0.1) is 5.56 Å². The van der Waals surface area contributed by atoms with Gasteiger partial charge in [0.2, 0.25) is 0 Å². The maximum atomic E-state index is 14.9. The molecule has 3 heteroatoms. The summed E-state index contributed by atoms with van der Waals surface area (Å²) in [6, 6.07) is 19.7. The summed E-state index contributed by atoms with van der Waals surface area (Å²) in [6.45, 7) is 2.20. The highest BCUT2D eigenvalue weighted by Gasteiger charge is 2.12.